The Hall–Kier alpha value is -1.56. The van der Waals surface area contributed by atoms with Crippen molar-refractivity contribution >= 4 is 5.91 Å². The van der Waals surface area contributed by atoms with Crippen molar-refractivity contribution in [3.05, 3.63) is 35.4 Å². The molecule has 2 unspecified atom stereocenters. The molecule has 1 aromatic carbocycles. The van der Waals surface area contributed by atoms with E-state index < -0.39 is 11.7 Å². The average molecular weight is 382 g/mol. The lowest BCUT2D eigenvalue weighted by molar-refractivity contribution is -0.137. The lowest BCUT2D eigenvalue weighted by Crippen LogP contribution is -2.53. The van der Waals surface area contributed by atoms with Crippen molar-refractivity contribution in [2.24, 2.45) is 5.92 Å². The summed E-state index contributed by atoms with van der Waals surface area (Å²) in [7, 11) is 3.94. The monoisotopic (exact) mass is 382 g/mol. The quantitative estimate of drug-likeness (QED) is 0.729. The number of carbonyl (C=O) groups excluding carboxylic acids is 1. The first-order valence-corrected chi connectivity index (χ1v) is 9.92. The molecule has 0 spiro atoms. The van der Waals surface area contributed by atoms with Gasteiger partial charge < -0.3 is 9.80 Å². The molecule has 3 rings (SSSR count). The molecule has 1 aromatic rings. The van der Waals surface area contributed by atoms with Crippen LogP contribution >= 0.6 is 0 Å². The molecule has 2 saturated carbocycles. The first-order chi connectivity index (χ1) is 12.8. The molecule has 0 radical (unpaired) electrons. The Labute approximate surface area is 159 Å². The van der Waals surface area contributed by atoms with Gasteiger partial charge in [0, 0.05) is 31.2 Å². The Morgan fingerprint density at radius 1 is 0.963 bits per heavy atom. The van der Waals surface area contributed by atoms with E-state index >= 15 is 0 Å². The highest BCUT2D eigenvalue weighted by atomic mass is 19.4. The molecule has 0 saturated heterocycles. The van der Waals surface area contributed by atoms with Crippen LogP contribution in [0.2, 0.25) is 0 Å². The van der Waals surface area contributed by atoms with Crippen molar-refractivity contribution in [1.29, 1.82) is 0 Å². The van der Waals surface area contributed by atoms with Crippen LogP contribution in [0.4, 0.5) is 13.2 Å². The van der Waals surface area contributed by atoms with Crippen LogP contribution in [0.5, 0.6) is 0 Å². The number of nitrogens with zero attached hydrogens (tertiary/aromatic N) is 2. The molecule has 0 aliphatic heterocycles. The molecule has 1 amide bonds. The minimum Gasteiger partial charge on any atom is -0.337 e. The maximum Gasteiger partial charge on any atom is 0.416 e. The van der Waals surface area contributed by atoms with Gasteiger partial charge in [0.1, 0.15) is 0 Å². The maximum absolute atomic E-state index is 12.9. The first kappa shape index (κ1) is 20.2. The number of rotatable bonds is 5. The summed E-state index contributed by atoms with van der Waals surface area (Å²) in [6, 6.07) is 4.99. The summed E-state index contributed by atoms with van der Waals surface area (Å²) < 4.78 is 38.2. The van der Waals surface area contributed by atoms with Gasteiger partial charge in [-0.1, -0.05) is 19.3 Å². The summed E-state index contributed by atoms with van der Waals surface area (Å²) in [5.41, 5.74) is -0.408. The van der Waals surface area contributed by atoms with E-state index in [4.69, 9.17) is 0 Å². The van der Waals surface area contributed by atoms with E-state index in [9.17, 15) is 18.0 Å². The van der Waals surface area contributed by atoms with Gasteiger partial charge in [0.05, 0.1) is 5.56 Å². The zero-order chi connectivity index (χ0) is 19.6. The van der Waals surface area contributed by atoms with Gasteiger partial charge in [-0.15, -0.1) is 0 Å². The first-order valence-electron chi connectivity index (χ1n) is 9.92. The Balaban J connectivity index is 1.69. The lowest BCUT2D eigenvalue weighted by Gasteiger charge is -2.44. The van der Waals surface area contributed by atoms with E-state index in [2.05, 4.69) is 11.9 Å². The van der Waals surface area contributed by atoms with Crippen LogP contribution in [-0.4, -0.2) is 48.4 Å². The van der Waals surface area contributed by atoms with Crippen LogP contribution in [0.3, 0.4) is 0 Å². The minimum atomic E-state index is -4.38. The fourth-order valence-corrected chi connectivity index (χ4v) is 4.43. The van der Waals surface area contributed by atoms with Crippen molar-refractivity contribution in [2.75, 3.05) is 20.6 Å². The summed E-state index contributed by atoms with van der Waals surface area (Å²) in [5.74, 6) is 0.575. The molecule has 2 aliphatic rings. The molecular formula is C21H29F3N2O. The summed E-state index contributed by atoms with van der Waals surface area (Å²) in [6.07, 6.45) is 3.79. The van der Waals surface area contributed by atoms with Gasteiger partial charge in [-0.25, -0.2) is 0 Å². The van der Waals surface area contributed by atoms with Crippen molar-refractivity contribution in [2.45, 2.75) is 63.2 Å². The number of halogens is 3. The van der Waals surface area contributed by atoms with Crippen LogP contribution in [-0.2, 0) is 6.18 Å². The van der Waals surface area contributed by atoms with Crippen LogP contribution in [0.15, 0.2) is 24.3 Å². The van der Waals surface area contributed by atoms with E-state index in [-0.39, 0.29) is 11.9 Å². The molecule has 0 N–H and O–H groups in total. The smallest absolute Gasteiger partial charge is 0.337 e. The van der Waals surface area contributed by atoms with Crippen molar-refractivity contribution in [3.8, 4) is 0 Å². The van der Waals surface area contributed by atoms with E-state index in [1.165, 1.54) is 37.8 Å². The summed E-state index contributed by atoms with van der Waals surface area (Å²) in [5, 5.41) is 0. The molecule has 0 bridgehead atoms. The molecule has 0 aromatic heterocycles. The molecular weight excluding hydrogens is 353 g/mol. The van der Waals surface area contributed by atoms with E-state index in [1.807, 2.05) is 0 Å². The summed E-state index contributed by atoms with van der Waals surface area (Å²) >= 11 is 0. The highest BCUT2D eigenvalue weighted by Gasteiger charge is 2.35. The normalized spacial score (nSPS) is 23.9. The Morgan fingerprint density at radius 2 is 1.56 bits per heavy atom. The summed E-state index contributed by atoms with van der Waals surface area (Å²) in [6.45, 7) is 1.07. The van der Waals surface area contributed by atoms with Crippen LogP contribution in [0.1, 0.15) is 60.9 Å². The Bertz CT molecular complexity index is 640. The van der Waals surface area contributed by atoms with Gasteiger partial charge in [-0.05, 0) is 62.9 Å². The van der Waals surface area contributed by atoms with Gasteiger partial charge in [0.15, 0.2) is 0 Å². The highest BCUT2D eigenvalue weighted by Crippen LogP contribution is 2.32. The van der Waals surface area contributed by atoms with Crippen LogP contribution in [0, 0.1) is 5.92 Å². The second-order valence-electron chi connectivity index (χ2n) is 8.15. The molecule has 2 atom stereocenters. The van der Waals surface area contributed by atoms with Gasteiger partial charge in [-0.2, -0.15) is 13.2 Å². The van der Waals surface area contributed by atoms with E-state index in [1.54, 1.807) is 11.9 Å². The fourth-order valence-electron chi connectivity index (χ4n) is 4.43. The van der Waals surface area contributed by atoms with Crippen molar-refractivity contribution in [1.82, 2.24) is 9.80 Å². The molecule has 150 valence electrons. The molecule has 3 nitrogen and oxygen atoms in total. The van der Waals surface area contributed by atoms with Gasteiger partial charge in [0.25, 0.3) is 5.91 Å². The zero-order valence-corrected chi connectivity index (χ0v) is 16.1. The van der Waals surface area contributed by atoms with Crippen LogP contribution in [0.25, 0.3) is 0 Å². The number of hydrogen-bond acceptors (Lipinski definition) is 2. The van der Waals surface area contributed by atoms with Gasteiger partial charge in [0.2, 0.25) is 0 Å². The van der Waals surface area contributed by atoms with Crippen LogP contribution < -0.4 is 0 Å². The second-order valence-corrected chi connectivity index (χ2v) is 8.15. The third-order valence-corrected chi connectivity index (χ3v) is 6.31. The fraction of sp³-hybridized carbons (Fsp3) is 0.667. The third kappa shape index (κ3) is 4.65. The molecule has 27 heavy (non-hydrogen) atoms. The summed E-state index contributed by atoms with van der Waals surface area (Å²) in [4.78, 5) is 17.0. The topological polar surface area (TPSA) is 23.6 Å². The predicted octanol–water partition coefficient (Wildman–Crippen LogP) is 4.82. The van der Waals surface area contributed by atoms with E-state index in [0.717, 1.165) is 43.9 Å². The molecule has 0 heterocycles. The second kappa shape index (κ2) is 8.21. The third-order valence-electron chi connectivity index (χ3n) is 6.31. The number of likely N-dealkylation sites (N-methyl/N-ethyl adjacent to an activating group) is 2. The highest BCUT2D eigenvalue weighted by molar-refractivity contribution is 5.94. The average Bonchev–Trinajstić information content (AvgIpc) is 2.62. The SMILES string of the molecule is CN(CC1CCC1)C1CCCCC1N(C)C(=O)c1ccc(C(F)(F)F)cc1. The molecule has 6 heteroatoms. The Morgan fingerprint density at radius 3 is 2.07 bits per heavy atom. The van der Waals surface area contributed by atoms with E-state index in [0.29, 0.717) is 11.6 Å². The largest absolute Gasteiger partial charge is 0.416 e. The number of alkyl halides is 3. The zero-order valence-electron chi connectivity index (χ0n) is 16.1. The molecule has 2 aliphatic carbocycles. The minimum absolute atomic E-state index is 0.110. The predicted molar refractivity (Wildman–Crippen MR) is 99.6 cm³/mol. The van der Waals surface area contributed by atoms with Gasteiger partial charge >= 0.3 is 6.18 Å². The van der Waals surface area contributed by atoms with Gasteiger partial charge in [-0.3, -0.25) is 4.79 Å². The van der Waals surface area contributed by atoms with Crippen molar-refractivity contribution in [3.63, 3.8) is 0 Å². The maximum atomic E-state index is 12.9. The number of carbonyl (C=O) groups is 1. The number of hydrogen-bond donors (Lipinski definition) is 0. The van der Waals surface area contributed by atoms with Crippen molar-refractivity contribution < 1.29 is 18.0 Å². The standard InChI is InChI=1S/C21H29F3N2O/c1-25(14-15-6-5-7-15)18-8-3-4-9-19(18)26(2)20(27)16-10-12-17(13-11-16)21(22,23)24/h10-13,15,18-19H,3-9,14H2,1-2H3. The Kier molecular flexibility index (Phi) is 6.14. The number of benzene rings is 1. The lowest BCUT2D eigenvalue weighted by atomic mass is 9.83. The molecule has 2 fully saturated rings. The number of amides is 1.